The second-order valence-electron chi connectivity index (χ2n) is 5.54. The van der Waals surface area contributed by atoms with Crippen LogP contribution in [0.2, 0.25) is 0 Å². The first-order chi connectivity index (χ1) is 11.0. The van der Waals surface area contributed by atoms with E-state index in [1.807, 2.05) is 43.3 Å². The third kappa shape index (κ3) is 2.80. The second-order valence-corrected chi connectivity index (χ2v) is 5.54. The van der Waals surface area contributed by atoms with Crippen molar-refractivity contribution in [2.45, 2.75) is 6.04 Å². The molecule has 23 heavy (non-hydrogen) atoms. The van der Waals surface area contributed by atoms with Gasteiger partial charge in [0.15, 0.2) is 0 Å². The molecule has 1 unspecified atom stereocenters. The van der Waals surface area contributed by atoms with E-state index in [4.69, 9.17) is 0 Å². The molecule has 0 bridgehead atoms. The van der Waals surface area contributed by atoms with Crippen molar-refractivity contribution in [3.05, 3.63) is 58.1 Å². The average Bonchev–Trinajstić information content (AvgIpc) is 2.53. The number of non-ortho nitro benzene ring substituents is 1. The summed E-state index contributed by atoms with van der Waals surface area (Å²) in [5.41, 5.74) is 2.89. The smallest absolute Gasteiger partial charge is 0.271 e. The molecule has 1 aliphatic rings. The summed E-state index contributed by atoms with van der Waals surface area (Å²) in [6.45, 7) is 0. The zero-order chi connectivity index (χ0) is 16.6. The van der Waals surface area contributed by atoms with Crippen molar-refractivity contribution in [1.29, 1.82) is 0 Å². The average molecular weight is 312 g/mol. The van der Waals surface area contributed by atoms with Crippen LogP contribution in [0.3, 0.4) is 0 Å². The Balaban J connectivity index is 1.91. The molecule has 118 valence electrons. The van der Waals surface area contributed by atoms with Gasteiger partial charge in [0, 0.05) is 31.9 Å². The number of amides is 1. The van der Waals surface area contributed by atoms with Crippen LogP contribution in [0, 0.1) is 10.1 Å². The summed E-state index contributed by atoms with van der Waals surface area (Å²) in [4.78, 5) is 24.7. The Labute approximate surface area is 133 Å². The van der Waals surface area contributed by atoms with Crippen molar-refractivity contribution < 1.29 is 9.72 Å². The lowest BCUT2D eigenvalue weighted by Gasteiger charge is -2.27. The molecule has 1 aliphatic heterocycles. The number of nitro groups is 1. The quantitative estimate of drug-likeness (QED) is 0.672. The van der Waals surface area contributed by atoms with Gasteiger partial charge in [-0.15, -0.1) is 0 Å². The number of nitro benzene ring substituents is 1. The number of carbonyl (C=O) groups is 1. The molecular formula is C16H16N4O3. The molecule has 0 saturated carbocycles. The highest BCUT2D eigenvalue weighted by Crippen LogP contribution is 2.35. The van der Waals surface area contributed by atoms with Crippen LogP contribution in [0.1, 0.15) is 11.6 Å². The molecule has 2 N–H and O–H groups in total. The molecule has 1 heterocycles. The number of benzene rings is 2. The van der Waals surface area contributed by atoms with E-state index in [2.05, 4.69) is 10.6 Å². The Hall–Kier alpha value is -3.09. The molecule has 0 aromatic heterocycles. The minimum Gasteiger partial charge on any atom is -0.378 e. The Bertz CT molecular complexity index is 771. The standard InChI is InChI=1S/C16H16N4O3/c1-19(2)11-5-3-10(4-6-11)15-16(21)18-13-8-7-12(20(22)23)9-14(13)17-15/h3-9,15,17H,1-2H3,(H,18,21). The molecule has 2 aromatic carbocycles. The van der Waals surface area contributed by atoms with Gasteiger partial charge in [0.2, 0.25) is 0 Å². The fourth-order valence-electron chi connectivity index (χ4n) is 2.50. The van der Waals surface area contributed by atoms with E-state index in [0.29, 0.717) is 11.4 Å². The van der Waals surface area contributed by atoms with Gasteiger partial charge in [-0.25, -0.2) is 0 Å². The lowest BCUT2D eigenvalue weighted by molar-refractivity contribution is -0.384. The zero-order valence-corrected chi connectivity index (χ0v) is 12.7. The number of carbonyl (C=O) groups excluding carboxylic acids is 1. The summed E-state index contributed by atoms with van der Waals surface area (Å²) in [7, 11) is 3.88. The van der Waals surface area contributed by atoms with Crippen molar-refractivity contribution in [2.75, 3.05) is 29.6 Å². The normalized spacial score (nSPS) is 16.1. The van der Waals surface area contributed by atoms with Crippen LogP contribution in [0.25, 0.3) is 0 Å². The Morgan fingerprint density at radius 3 is 2.39 bits per heavy atom. The third-order valence-electron chi connectivity index (χ3n) is 3.78. The van der Waals surface area contributed by atoms with Crippen molar-refractivity contribution in [2.24, 2.45) is 0 Å². The predicted molar refractivity (Wildman–Crippen MR) is 88.9 cm³/mol. The monoisotopic (exact) mass is 312 g/mol. The van der Waals surface area contributed by atoms with E-state index in [0.717, 1.165) is 11.3 Å². The van der Waals surface area contributed by atoms with Crippen molar-refractivity contribution in [1.82, 2.24) is 0 Å². The number of fused-ring (bicyclic) bond motifs is 1. The molecule has 0 fully saturated rings. The van der Waals surface area contributed by atoms with Crippen LogP contribution in [0.5, 0.6) is 0 Å². The molecule has 0 saturated heterocycles. The topological polar surface area (TPSA) is 87.5 Å². The summed E-state index contributed by atoms with van der Waals surface area (Å²) in [5, 5.41) is 16.7. The molecule has 7 heteroatoms. The molecule has 3 rings (SSSR count). The first kappa shape index (κ1) is 14.8. The summed E-state index contributed by atoms with van der Waals surface area (Å²) in [6, 6.07) is 11.3. The highest BCUT2D eigenvalue weighted by Gasteiger charge is 2.28. The highest BCUT2D eigenvalue weighted by atomic mass is 16.6. The van der Waals surface area contributed by atoms with Gasteiger partial charge >= 0.3 is 0 Å². The maximum atomic E-state index is 12.3. The Kier molecular flexibility index (Phi) is 3.61. The maximum Gasteiger partial charge on any atom is 0.271 e. The van der Waals surface area contributed by atoms with Gasteiger partial charge in [0.25, 0.3) is 11.6 Å². The second kappa shape index (κ2) is 5.60. The first-order valence-corrected chi connectivity index (χ1v) is 7.09. The van der Waals surface area contributed by atoms with Gasteiger partial charge in [-0.1, -0.05) is 12.1 Å². The summed E-state index contributed by atoms with van der Waals surface area (Å²) in [6.07, 6.45) is 0. The van der Waals surface area contributed by atoms with Gasteiger partial charge in [-0.3, -0.25) is 14.9 Å². The Morgan fingerprint density at radius 1 is 1.09 bits per heavy atom. The van der Waals surface area contributed by atoms with Crippen LogP contribution in [0.15, 0.2) is 42.5 Å². The third-order valence-corrected chi connectivity index (χ3v) is 3.78. The summed E-state index contributed by atoms with van der Waals surface area (Å²) < 4.78 is 0. The lowest BCUT2D eigenvalue weighted by Crippen LogP contribution is -2.32. The number of nitrogens with zero attached hydrogens (tertiary/aromatic N) is 2. The van der Waals surface area contributed by atoms with Crippen LogP contribution < -0.4 is 15.5 Å². The molecular weight excluding hydrogens is 296 g/mol. The van der Waals surface area contributed by atoms with Gasteiger partial charge in [-0.2, -0.15) is 0 Å². The van der Waals surface area contributed by atoms with Crippen LogP contribution in [-0.2, 0) is 4.79 Å². The first-order valence-electron chi connectivity index (χ1n) is 7.09. The minimum absolute atomic E-state index is 0.0193. The number of hydrogen-bond acceptors (Lipinski definition) is 5. The maximum absolute atomic E-state index is 12.3. The van der Waals surface area contributed by atoms with Crippen molar-refractivity contribution in [3.63, 3.8) is 0 Å². The summed E-state index contributed by atoms with van der Waals surface area (Å²) >= 11 is 0. The van der Waals surface area contributed by atoms with Gasteiger partial charge in [-0.05, 0) is 23.8 Å². The van der Waals surface area contributed by atoms with Crippen molar-refractivity contribution in [3.8, 4) is 0 Å². The fraction of sp³-hybridized carbons (Fsp3) is 0.188. The van der Waals surface area contributed by atoms with E-state index in [-0.39, 0.29) is 11.6 Å². The van der Waals surface area contributed by atoms with E-state index in [1.54, 1.807) is 0 Å². The van der Waals surface area contributed by atoms with Gasteiger partial charge in [0.1, 0.15) is 6.04 Å². The van der Waals surface area contributed by atoms with Crippen LogP contribution in [-0.4, -0.2) is 24.9 Å². The molecule has 0 radical (unpaired) electrons. The number of anilines is 3. The van der Waals surface area contributed by atoms with Crippen LogP contribution >= 0.6 is 0 Å². The van der Waals surface area contributed by atoms with Crippen molar-refractivity contribution >= 4 is 28.7 Å². The predicted octanol–water partition coefficient (Wildman–Crippen LogP) is 2.77. The van der Waals surface area contributed by atoms with Crippen LogP contribution in [0.4, 0.5) is 22.7 Å². The van der Waals surface area contributed by atoms with Gasteiger partial charge in [0.05, 0.1) is 16.3 Å². The Morgan fingerprint density at radius 2 is 1.78 bits per heavy atom. The molecule has 7 nitrogen and oxygen atoms in total. The molecule has 1 amide bonds. The fourth-order valence-corrected chi connectivity index (χ4v) is 2.50. The molecule has 2 aromatic rings. The number of hydrogen-bond donors (Lipinski definition) is 2. The number of nitrogens with one attached hydrogen (secondary N) is 2. The van der Waals surface area contributed by atoms with E-state index >= 15 is 0 Å². The highest BCUT2D eigenvalue weighted by molar-refractivity contribution is 6.03. The number of rotatable bonds is 3. The molecule has 1 atom stereocenters. The molecule has 0 aliphatic carbocycles. The summed E-state index contributed by atoms with van der Waals surface area (Å²) in [5.74, 6) is -0.191. The molecule has 0 spiro atoms. The minimum atomic E-state index is -0.583. The SMILES string of the molecule is CN(C)c1ccc(C2Nc3cc([N+](=O)[O-])ccc3NC2=O)cc1. The van der Waals surface area contributed by atoms with Gasteiger partial charge < -0.3 is 15.5 Å². The van der Waals surface area contributed by atoms with E-state index in [9.17, 15) is 14.9 Å². The van der Waals surface area contributed by atoms with E-state index < -0.39 is 11.0 Å². The van der Waals surface area contributed by atoms with E-state index in [1.165, 1.54) is 18.2 Å². The lowest BCUT2D eigenvalue weighted by atomic mass is 10.0. The zero-order valence-electron chi connectivity index (χ0n) is 12.7. The largest absolute Gasteiger partial charge is 0.378 e.